The van der Waals surface area contributed by atoms with E-state index in [0.717, 1.165) is 56.6 Å². The molecule has 3 aromatic heterocycles. The smallest absolute Gasteiger partial charge is 0.231 e. The lowest BCUT2D eigenvalue weighted by atomic mass is 10.2. The fraction of sp³-hybridized carbons (Fsp3) is 0.250. The van der Waals surface area contributed by atoms with Gasteiger partial charge in [0.1, 0.15) is 5.01 Å². The molecule has 0 fully saturated rings. The molecule has 6 nitrogen and oxygen atoms in total. The van der Waals surface area contributed by atoms with Crippen molar-refractivity contribution in [1.82, 2.24) is 19.7 Å². The van der Waals surface area contributed by atoms with Crippen LogP contribution in [-0.4, -0.2) is 26.5 Å². The normalized spacial score (nSPS) is 12.6. The van der Waals surface area contributed by atoms with E-state index in [4.69, 9.17) is 14.5 Å². The van der Waals surface area contributed by atoms with Gasteiger partial charge in [0.25, 0.3) is 0 Å². The van der Waals surface area contributed by atoms with Crippen LogP contribution in [0.25, 0.3) is 22.0 Å². The number of hydrogen-bond donors (Lipinski definition) is 0. The Morgan fingerprint density at radius 2 is 1.97 bits per heavy atom. The summed E-state index contributed by atoms with van der Waals surface area (Å²) in [6.45, 7) is 5.34. The summed E-state index contributed by atoms with van der Waals surface area (Å²) in [4.78, 5) is 6.07. The highest BCUT2D eigenvalue weighted by atomic mass is 32.2. The molecule has 5 rings (SSSR count). The topological polar surface area (TPSA) is 62.1 Å². The number of nitrogens with zero attached hydrogens (tertiary/aromatic N) is 4. The Morgan fingerprint density at radius 3 is 2.79 bits per heavy atom. The molecule has 9 heteroatoms. The third-order valence-electron chi connectivity index (χ3n) is 4.54. The highest BCUT2D eigenvalue weighted by Crippen LogP contribution is 2.37. The largest absolute Gasteiger partial charge is 0.454 e. The Labute approximate surface area is 180 Å². The molecule has 1 aliphatic rings. The quantitative estimate of drug-likeness (QED) is 0.369. The Balaban J connectivity index is 1.32. The van der Waals surface area contributed by atoms with E-state index in [9.17, 15) is 0 Å². The Kier molecular flexibility index (Phi) is 5.03. The highest BCUT2D eigenvalue weighted by molar-refractivity contribution is 7.98. The summed E-state index contributed by atoms with van der Waals surface area (Å²) in [7, 11) is 0. The van der Waals surface area contributed by atoms with Gasteiger partial charge in [0.2, 0.25) is 6.79 Å². The summed E-state index contributed by atoms with van der Waals surface area (Å²) in [6, 6.07) is 8.10. The minimum absolute atomic E-state index is 0.281. The number of thiazole rings is 1. The Morgan fingerprint density at radius 1 is 1.07 bits per heavy atom. The zero-order valence-corrected chi connectivity index (χ0v) is 18.4. The molecule has 0 atom stereocenters. The minimum atomic E-state index is 0.281. The second-order valence-corrected chi connectivity index (χ2v) is 9.41. The van der Waals surface area contributed by atoms with Gasteiger partial charge in [-0.1, -0.05) is 11.8 Å². The molecule has 1 aliphatic heterocycles. The summed E-state index contributed by atoms with van der Waals surface area (Å²) < 4.78 is 13.0. The van der Waals surface area contributed by atoms with Crippen LogP contribution in [0.1, 0.15) is 17.5 Å². The van der Waals surface area contributed by atoms with Crippen molar-refractivity contribution in [3.05, 3.63) is 45.6 Å². The third kappa shape index (κ3) is 3.65. The van der Waals surface area contributed by atoms with E-state index in [-0.39, 0.29) is 6.79 Å². The maximum atomic E-state index is 5.47. The van der Waals surface area contributed by atoms with E-state index >= 15 is 0 Å². The van der Waals surface area contributed by atoms with Crippen molar-refractivity contribution in [2.45, 2.75) is 31.3 Å². The fourth-order valence-electron chi connectivity index (χ4n) is 3.13. The summed E-state index contributed by atoms with van der Waals surface area (Å²) in [5.41, 5.74) is 3.21. The van der Waals surface area contributed by atoms with Crippen molar-refractivity contribution in [1.29, 1.82) is 0 Å². The van der Waals surface area contributed by atoms with Crippen molar-refractivity contribution in [2.75, 3.05) is 6.79 Å². The van der Waals surface area contributed by atoms with E-state index < -0.39 is 0 Å². The van der Waals surface area contributed by atoms with Crippen LogP contribution in [0, 0.1) is 6.92 Å². The number of rotatable bonds is 6. The van der Waals surface area contributed by atoms with Crippen LogP contribution < -0.4 is 9.47 Å². The summed E-state index contributed by atoms with van der Waals surface area (Å²) in [6.07, 6.45) is 0. The molecular weight excluding hydrogens is 424 g/mol. The minimum Gasteiger partial charge on any atom is -0.454 e. The molecule has 0 unspecified atom stereocenters. The van der Waals surface area contributed by atoms with Gasteiger partial charge in [-0.3, -0.25) is 0 Å². The third-order valence-corrected chi connectivity index (χ3v) is 7.34. The first-order valence-electron chi connectivity index (χ1n) is 9.17. The van der Waals surface area contributed by atoms with Gasteiger partial charge >= 0.3 is 0 Å². The molecule has 148 valence electrons. The van der Waals surface area contributed by atoms with E-state index in [1.807, 2.05) is 18.2 Å². The first kappa shape index (κ1) is 18.7. The fourth-order valence-corrected chi connectivity index (χ4v) is 5.63. The van der Waals surface area contributed by atoms with Crippen LogP contribution >= 0.6 is 34.4 Å². The maximum absolute atomic E-state index is 5.47. The molecular formula is C20H18N4O2S3. The highest BCUT2D eigenvalue weighted by Gasteiger charge is 2.17. The van der Waals surface area contributed by atoms with Gasteiger partial charge in [-0.05, 0) is 38.1 Å². The Bertz CT molecular complexity index is 1160. The van der Waals surface area contributed by atoms with Gasteiger partial charge in [0, 0.05) is 39.1 Å². The van der Waals surface area contributed by atoms with E-state index in [1.165, 1.54) is 4.88 Å². The van der Waals surface area contributed by atoms with Crippen LogP contribution in [0.4, 0.5) is 0 Å². The summed E-state index contributed by atoms with van der Waals surface area (Å²) >= 11 is 5.04. The molecule has 0 N–H and O–H groups in total. The van der Waals surface area contributed by atoms with Crippen molar-refractivity contribution >= 4 is 34.4 Å². The first-order chi connectivity index (χ1) is 14.2. The number of thiophene rings is 1. The average Bonchev–Trinajstić information content (AvgIpc) is 3.50. The van der Waals surface area contributed by atoms with Gasteiger partial charge in [-0.2, -0.15) is 0 Å². The molecule has 1 aromatic carbocycles. The predicted octanol–water partition coefficient (Wildman–Crippen LogP) is 5.48. The number of aromatic nitrogens is 4. The molecule has 0 saturated carbocycles. The lowest BCUT2D eigenvalue weighted by Gasteiger charge is -2.05. The number of aryl methyl sites for hydroxylation is 1. The van der Waals surface area contributed by atoms with E-state index in [0.29, 0.717) is 0 Å². The first-order valence-corrected chi connectivity index (χ1v) is 11.9. The monoisotopic (exact) mass is 442 g/mol. The van der Waals surface area contributed by atoms with Crippen LogP contribution in [0.2, 0.25) is 0 Å². The van der Waals surface area contributed by atoms with Crippen LogP contribution in [0.5, 0.6) is 11.5 Å². The van der Waals surface area contributed by atoms with Gasteiger partial charge in [-0.15, -0.1) is 32.9 Å². The predicted molar refractivity (Wildman–Crippen MR) is 117 cm³/mol. The van der Waals surface area contributed by atoms with Crippen molar-refractivity contribution in [3.8, 4) is 33.5 Å². The number of fused-ring (bicyclic) bond motifs is 1. The SMILES string of the molecule is CCn1c(SCc2csc(-c3ccc4c(c3)OCO4)n2)nnc1-c1csc(C)c1. The van der Waals surface area contributed by atoms with Crippen molar-refractivity contribution < 1.29 is 9.47 Å². The van der Waals surface area contributed by atoms with Crippen LogP contribution in [0.15, 0.2) is 40.2 Å². The number of hydrogen-bond acceptors (Lipinski definition) is 8. The maximum Gasteiger partial charge on any atom is 0.231 e. The number of thioether (sulfide) groups is 1. The molecule has 0 aliphatic carbocycles. The molecule has 0 saturated heterocycles. The molecule has 0 bridgehead atoms. The molecule has 4 heterocycles. The van der Waals surface area contributed by atoms with Crippen LogP contribution in [-0.2, 0) is 12.3 Å². The van der Waals surface area contributed by atoms with Crippen LogP contribution in [0.3, 0.4) is 0 Å². The van der Waals surface area contributed by atoms with Crippen molar-refractivity contribution in [3.63, 3.8) is 0 Å². The number of benzene rings is 1. The zero-order chi connectivity index (χ0) is 19.8. The average molecular weight is 443 g/mol. The molecule has 4 aromatic rings. The lowest BCUT2D eigenvalue weighted by Crippen LogP contribution is -1.99. The van der Waals surface area contributed by atoms with E-state index in [2.05, 4.69) is 45.4 Å². The number of ether oxygens (including phenoxy) is 2. The Hall–Kier alpha value is -2.36. The zero-order valence-electron chi connectivity index (χ0n) is 15.9. The molecule has 0 spiro atoms. The second-order valence-electron chi connectivity index (χ2n) is 6.50. The summed E-state index contributed by atoms with van der Waals surface area (Å²) in [5, 5.41) is 15.0. The van der Waals surface area contributed by atoms with Crippen molar-refractivity contribution in [2.24, 2.45) is 0 Å². The molecule has 0 amide bonds. The van der Waals surface area contributed by atoms with Gasteiger partial charge in [0.05, 0.1) is 5.69 Å². The standard InChI is InChI=1S/C20H18N4O2S3/c1-3-24-18(14-6-12(2)27-8-14)22-23-20(24)29-10-15-9-28-19(21-15)13-4-5-16-17(7-13)26-11-25-16/h4-9H,3,10-11H2,1-2H3. The lowest BCUT2D eigenvalue weighted by molar-refractivity contribution is 0.174. The van der Waals surface area contributed by atoms with Gasteiger partial charge in [0.15, 0.2) is 22.5 Å². The molecule has 29 heavy (non-hydrogen) atoms. The summed E-state index contributed by atoms with van der Waals surface area (Å²) in [5.74, 6) is 3.25. The van der Waals surface area contributed by atoms with Gasteiger partial charge < -0.3 is 14.0 Å². The van der Waals surface area contributed by atoms with Gasteiger partial charge in [-0.25, -0.2) is 4.98 Å². The molecule has 0 radical (unpaired) electrons. The second kappa shape index (κ2) is 7.81. The van der Waals surface area contributed by atoms with E-state index in [1.54, 1.807) is 34.4 Å².